The van der Waals surface area contributed by atoms with Crippen molar-refractivity contribution in [1.82, 2.24) is 0 Å². The van der Waals surface area contributed by atoms with E-state index in [-0.39, 0.29) is 0 Å². The van der Waals surface area contributed by atoms with Crippen molar-refractivity contribution in [2.24, 2.45) is 0 Å². The zero-order chi connectivity index (χ0) is 21.9. The molecule has 2 aliphatic rings. The van der Waals surface area contributed by atoms with Gasteiger partial charge in [0.05, 0.1) is 26.4 Å². The lowest BCUT2D eigenvalue weighted by molar-refractivity contribution is 0.114. The van der Waals surface area contributed by atoms with Crippen LogP contribution in [0, 0.1) is 13.8 Å². The van der Waals surface area contributed by atoms with Crippen molar-refractivity contribution in [2.45, 2.75) is 51.7 Å². The van der Waals surface area contributed by atoms with E-state index in [0.29, 0.717) is 12.2 Å². The first kappa shape index (κ1) is 21.8. The Morgan fingerprint density at radius 2 is 1.16 bits per heavy atom. The molecule has 0 spiro atoms. The zero-order valence-corrected chi connectivity index (χ0v) is 19.3. The summed E-state index contributed by atoms with van der Waals surface area (Å²) in [6.45, 7) is 9.18. The van der Waals surface area contributed by atoms with Crippen LogP contribution in [-0.2, 0) is 31.8 Å². The molecule has 2 unspecified atom stereocenters. The van der Waals surface area contributed by atoms with Crippen LogP contribution < -0.4 is 0 Å². The maximum absolute atomic E-state index is 5.82. The van der Waals surface area contributed by atoms with Crippen LogP contribution in [0.3, 0.4) is 0 Å². The number of ether oxygens (including phenoxy) is 4. The van der Waals surface area contributed by atoms with Crippen molar-refractivity contribution in [3.63, 3.8) is 0 Å². The van der Waals surface area contributed by atoms with Gasteiger partial charge in [-0.1, -0.05) is 36.4 Å². The Kier molecular flexibility index (Phi) is 6.74. The summed E-state index contributed by atoms with van der Waals surface area (Å²) in [6.07, 6.45) is 4.76. The molecule has 4 heteroatoms. The molecule has 0 aromatic heterocycles. The van der Waals surface area contributed by atoms with Crippen LogP contribution in [-0.4, -0.2) is 51.8 Å². The van der Waals surface area contributed by atoms with Crippen molar-refractivity contribution < 1.29 is 18.9 Å². The van der Waals surface area contributed by atoms with E-state index in [1.165, 1.54) is 43.8 Å². The normalized spacial score (nSPS) is 19.7. The number of aryl methyl sites for hydroxylation is 4. The second kappa shape index (κ2) is 9.88. The molecule has 0 saturated carbocycles. The molecule has 0 amide bonds. The smallest absolute Gasteiger partial charge is 0.104 e. The van der Waals surface area contributed by atoms with E-state index < -0.39 is 0 Å². The SMILES string of the molecule is Cc1cc2c(CCCOCC3CO3)c3ccccc3c(CCCOCC3CO3)c2cc1C. The Labute approximate surface area is 190 Å². The van der Waals surface area contributed by atoms with E-state index in [2.05, 4.69) is 50.2 Å². The third-order valence-electron chi connectivity index (χ3n) is 6.70. The summed E-state index contributed by atoms with van der Waals surface area (Å²) in [7, 11) is 0. The van der Waals surface area contributed by atoms with Crippen LogP contribution in [0.1, 0.15) is 35.1 Å². The van der Waals surface area contributed by atoms with E-state index in [9.17, 15) is 0 Å². The molecule has 0 aliphatic carbocycles. The number of benzene rings is 3. The molecule has 0 N–H and O–H groups in total. The molecule has 170 valence electrons. The number of hydrogen-bond donors (Lipinski definition) is 0. The van der Waals surface area contributed by atoms with Crippen LogP contribution >= 0.6 is 0 Å². The quantitative estimate of drug-likeness (QED) is 0.220. The predicted molar refractivity (Wildman–Crippen MR) is 129 cm³/mol. The van der Waals surface area contributed by atoms with Crippen LogP contribution in [0.4, 0.5) is 0 Å². The lowest BCUT2D eigenvalue weighted by Gasteiger charge is -2.19. The highest BCUT2D eigenvalue weighted by Crippen LogP contribution is 2.36. The molecular formula is C28H34O4. The molecule has 2 fully saturated rings. The zero-order valence-electron chi connectivity index (χ0n) is 19.3. The Bertz CT molecular complexity index is 996. The average molecular weight is 435 g/mol. The fourth-order valence-electron chi connectivity index (χ4n) is 4.61. The minimum atomic E-state index is 0.336. The van der Waals surface area contributed by atoms with Crippen LogP contribution in [0.2, 0.25) is 0 Å². The van der Waals surface area contributed by atoms with Gasteiger partial charge in [-0.15, -0.1) is 0 Å². The van der Waals surface area contributed by atoms with Crippen molar-refractivity contribution >= 4 is 21.5 Å². The standard InChI is InChI=1S/C28H34O4/c1-19-13-27-25(9-5-11-29-15-21-17-31-21)23-7-3-4-8-24(23)26(28(27)14-20(19)2)10-6-12-30-16-22-18-32-22/h3-4,7-8,13-14,21-22H,5-6,9-12,15-18H2,1-2H3. The fraction of sp³-hybridized carbons (Fsp3) is 0.500. The predicted octanol–water partition coefficient (Wildman–Crippen LogP) is 5.31. The minimum Gasteiger partial charge on any atom is -0.379 e. The highest BCUT2D eigenvalue weighted by atomic mass is 16.6. The molecule has 5 rings (SSSR count). The minimum absolute atomic E-state index is 0.336. The van der Waals surface area contributed by atoms with Gasteiger partial charge in [-0.25, -0.2) is 0 Å². The van der Waals surface area contributed by atoms with Crippen LogP contribution in [0.25, 0.3) is 21.5 Å². The van der Waals surface area contributed by atoms with Gasteiger partial charge in [-0.2, -0.15) is 0 Å². The van der Waals surface area contributed by atoms with E-state index in [1.807, 2.05) is 0 Å². The fourth-order valence-corrected chi connectivity index (χ4v) is 4.61. The van der Waals surface area contributed by atoms with Gasteiger partial charge in [0.25, 0.3) is 0 Å². The maximum atomic E-state index is 5.82. The third kappa shape index (κ3) is 5.15. The van der Waals surface area contributed by atoms with Gasteiger partial charge < -0.3 is 18.9 Å². The van der Waals surface area contributed by atoms with E-state index >= 15 is 0 Å². The molecule has 4 nitrogen and oxygen atoms in total. The van der Waals surface area contributed by atoms with Crippen molar-refractivity contribution in [1.29, 1.82) is 0 Å². The van der Waals surface area contributed by atoms with E-state index in [0.717, 1.165) is 65.3 Å². The number of rotatable bonds is 12. The molecule has 0 radical (unpaired) electrons. The first-order chi connectivity index (χ1) is 15.7. The Hall–Kier alpha value is -1.98. The molecule has 2 aliphatic heterocycles. The van der Waals surface area contributed by atoms with Gasteiger partial charge >= 0.3 is 0 Å². The summed E-state index contributed by atoms with van der Waals surface area (Å²) < 4.78 is 22.1. The summed E-state index contributed by atoms with van der Waals surface area (Å²) in [6, 6.07) is 13.7. The van der Waals surface area contributed by atoms with E-state index in [4.69, 9.17) is 18.9 Å². The van der Waals surface area contributed by atoms with Crippen molar-refractivity contribution in [3.05, 3.63) is 58.7 Å². The van der Waals surface area contributed by atoms with Gasteiger partial charge in [-0.05, 0) is 83.3 Å². The van der Waals surface area contributed by atoms with Crippen molar-refractivity contribution in [2.75, 3.05) is 39.6 Å². The molecular weight excluding hydrogens is 400 g/mol. The molecule has 32 heavy (non-hydrogen) atoms. The average Bonchev–Trinajstić information content (AvgIpc) is 3.71. The lowest BCUT2D eigenvalue weighted by atomic mass is 9.86. The van der Waals surface area contributed by atoms with Gasteiger partial charge in [-0.3, -0.25) is 0 Å². The maximum Gasteiger partial charge on any atom is 0.104 e. The van der Waals surface area contributed by atoms with Crippen molar-refractivity contribution in [3.8, 4) is 0 Å². The molecule has 2 saturated heterocycles. The Balaban J connectivity index is 1.42. The summed E-state index contributed by atoms with van der Waals surface area (Å²) in [5, 5.41) is 5.58. The Morgan fingerprint density at radius 1 is 0.719 bits per heavy atom. The first-order valence-corrected chi connectivity index (χ1v) is 12.0. The van der Waals surface area contributed by atoms with Gasteiger partial charge in [0.1, 0.15) is 12.2 Å². The number of fused-ring (bicyclic) bond motifs is 2. The number of hydrogen-bond acceptors (Lipinski definition) is 4. The lowest BCUT2D eigenvalue weighted by Crippen LogP contribution is -2.05. The molecule has 3 aromatic rings. The second-order valence-corrected chi connectivity index (χ2v) is 9.25. The Morgan fingerprint density at radius 3 is 1.56 bits per heavy atom. The van der Waals surface area contributed by atoms with Crippen LogP contribution in [0.5, 0.6) is 0 Å². The second-order valence-electron chi connectivity index (χ2n) is 9.25. The first-order valence-electron chi connectivity index (χ1n) is 12.0. The molecule has 2 atom stereocenters. The van der Waals surface area contributed by atoms with E-state index in [1.54, 1.807) is 0 Å². The largest absolute Gasteiger partial charge is 0.379 e. The molecule has 0 bridgehead atoms. The van der Waals surface area contributed by atoms with Gasteiger partial charge in [0, 0.05) is 13.2 Å². The molecule has 3 aromatic carbocycles. The number of epoxide rings is 2. The molecule has 2 heterocycles. The summed E-state index contributed by atoms with van der Waals surface area (Å²) in [5.41, 5.74) is 5.62. The van der Waals surface area contributed by atoms with Gasteiger partial charge in [0.15, 0.2) is 0 Å². The van der Waals surface area contributed by atoms with Crippen LogP contribution in [0.15, 0.2) is 36.4 Å². The highest BCUT2D eigenvalue weighted by molar-refractivity contribution is 6.06. The highest BCUT2D eigenvalue weighted by Gasteiger charge is 2.23. The third-order valence-corrected chi connectivity index (χ3v) is 6.70. The monoisotopic (exact) mass is 434 g/mol. The topological polar surface area (TPSA) is 43.5 Å². The summed E-state index contributed by atoms with van der Waals surface area (Å²) in [5.74, 6) is 0. The van der Waals surface area contributed by atoms with Gasteiger partial charge in [0.2, 0.25) is 0 Å². The summed E-state index contributed by atoms with van der Waals surface area (Å²) >= 11 is 0. The summed E-state index contributed by atoms with van der Waals surface area (Å²) in [4.78, 5) is 0.